The maximum atomic E-state index is 11.4. The number of carbonyl (C=O) groups excluding carboxylic acids is 1. The number of carbonyl (C=O) groups is 1. The Balaban J connectivity index is 1.76. The fraction of sp³-hybridized carbons (Fsp3) is 0.450. The molecular formula is C20H26O3. The average Bonchev–Trinajstić information content (AvgIpc) is 2.51. The minimum atomic E-state index is -0.0854. The normalized spacial score (nSPS) is 12.3. The van der Waals surface area contributed by atoms with E-state index in [2.05, 4.69) is 18.2 Å². The highest BCUT2D eigenvalue weighted by Crippen LogP contribution is 2.22. The standard InChI is InChI=1S/C20H26O3/c1-3-6-20(22)23-15(2)7-4-5-8-16-9-10-18-14-19(21)12-11-17(18)13-16/h9-15,21H,3-8H2,1-2H3. The lowest BCUT2D eigenvalue weighted by molar-refractivity contribution is -0.148. The Hall–Kier alpha value is -2.03. The molecule has 0 aliphatic heterocycles. The van der Waals surface area contributed by atoms with Gasteiger partial charge in [-0.15, -0.1) is 0 Å². The molecule has 1 atom stereocenters. The number of hydrogen-bond acceptors (Lipinski definition) is 3. The summed E-state index contributed by atoms with van der Waals surface area (Å²) >= 11 is 0. The highest BCUT2D eigenvalue weighted by Gasteiger charge is 2.08. The summed E-state index contributed by atoms with van der Waals surface area (Å²) in [5.41, 5.74) is 1.30. The van der Waals surface area contributed by atoms with Gasteiger partial charge in [-0.05, 0) is 67.5 Å². The fourth-order valence-electron chi connectivity index (χ4n) is 2.75. The number of phenols is 1. The number of rotatable bonds is 8. The van der Waals surface area contributed by atoms with Crippen LogP contribution in [0.5, 0.6) is 5.75 Å². The van der Waals surface area contributed by atoms with E-state index in [0.717, 1.165) is 42.9 Å². The lowest BCUT2D eigenvalue weighted by Crippen LogP contribution is -2.14. The Morgan fingerprint density at radius 3 is 2.65 bits per heavy atom. The van der Waals surface area contributed by atoms with Crippen LogP contribution >= 0.6 is 0 Å². The van der Waals surface area contributed by atoms with Crippen LogP contribution in [0.25, 0.3) is 10.8 Å². The van der Waals surface area contributed by atoms with Crippen LogP contribution in [-0.4, -0.2) is 17.2 Å². The number of hydrogen-bond donors (Lipinski definition) is 1. The van der Waals surface area contributed by atoms with Crippen molar-refractivity contribution in [3.05, 3.63) is 42.0 Å². The van der Waals surface area contributed by atoms with Crippen molar-refractivity contribution in [2.75, 3.05) is 0 Å². The number of unbranched alkanes of at least 4 members (excludes halogenated alkanes) is 1. The van der Waals surface area contributed by atoms with Gasteiger partial charge in [0.05, 0.1) is 6.10 Å². The van der Waals surface area contributed by atoms with Gasteiger partial charge in [0, 0.05) is 6.42 Å². The van der Waals surface area contributed by atoms with E-state index in [1.807, 2.05) is 19.9 Å². The first-order valence-corrected chi connectivity index (χ1v) is 8.49. The summed E-state index contributed by atoms with van der Waals surface area (Å²) in [6.45, 7) is 3.95. The van der Waals surface area contributed by atoms with Gasteiger partial charge in [0.1, 0.15) is 5.75 Å². The zero-order valence-electron chi connectivity index (χ0n) is 14.0. The quantitative estimate of drug-likeness (QED) is 0.551. The van der Waals surface area contributed by atoms with Gasteiger partial charge in [0.25, 0.3) is 0 Å². The first-order chi connectivity index (χ1) is 11.1. The van der Waals surface area contributed by atoms with Crippen LogP contribution < -0.4 is 0 Å². The zero-order chi connectivity index (χ0) is 16.7. The van der Waals surface area contributed by atoms with Gasteiger partial charge in [-0.25, -0.2) is 0 Å². The number of benzene rings is 2. The van der Waals surface area contributed by atoms with Gasteiger partial charge in [0.2, 0.25) is 0 Å². The summed E-state index contributed by atoms with van der Waals surface area (Å²) in [5.74, 6) is 0.217. The summed E-state index contributed by atoms with van der Waals surface area (Å²) in [4.78, 5) is 11.4. The fourth-order valence-corrected chi connectivity index (χ4v) is 2.75. The predicted octanol–water partition coefficient (Wildman–Crippen LogP) is 4.99. The van der Waals surface area contributed by atoms with Crippen molar-refractivity contribution in [3.8, 4) is 5.75 Å². The monoisotopic (exact) mass is 314 g/mol. The first-order valence-electron chi connectivity index (χ1n) is 8.49. The van der Waals surface area contributed by atoms with Crippen LogP contribution in [0.4, 0.5) is 0 Å². The Kier molecular flexibility index (Phi) is 6.45. The summed E-state index contributed by atoms with van der Waals surface area (Å²) in [6.07, 6.45) is 5.42. The summed E-state index contributed by atoms with van der Waals surface area (Å²) < 4.78 is 5.35. The molecule has 0 aliphatic carbocycles. The molecule has 124 valence electrons. The highest BCUT2D eigenvalue weighted by molar-refractivity contribution is 5.84. The molecule has 3 nitrogen and oxygen atoms in total. The second kappa shape index (κ2) is 8.56. The van der Waals surface area contributed by atoms with E-state index in [0.29, 0.717) is 12.2 Å². The Labute approximate surface area is 138 Å². The van der Waals surface area contributed by atoms with Gasteiger partial charge in [-0.1, -0.05) is 31.2 Å². The van der Waals surface area contributed by atoms with Crippen LogP contribution in [-0.2, 0) is 16.0 Å². The molecule has 3 heteroatoms. The Morgan fingerprint density at radius 2 is 1.87 bits per heavy atom. The minimum Gasteiger partial charge on any atom is -0.508 e. The molecule has 0 radical (unpaired) electrons. The summed E-state index contributed by atoms with van der Waals surface area (Å²) in [7, 11) is 0. The van der Waals surface area contributed by atoms with Crippen molar-refractivity contribution in [3.63, 3.8) is 0 Å². The molecule has 0 saturated heterocycles. The first kappa shape index (κ1) is 17.3. The third kappa shape index (κ3) is 5.59. The predicted molar refractivity (Wildman–Crippen MR) is 93.6 cm³/mol. The average molecular weight is 314 g/mol. The Bertz CT molecular complexity index is 648. The molecule has 0 aromatic heterocycles. The molecule has 0 amide bonds. The summed E-state index contributed by atoms with van der Waals surface area (Å²) in [6, 6.07) is 11.8. The van der Waals surface area contributed by atoms with Crippen molar-refractivity contribution in [2.24, 2.45) is 0 Å². The number of fused-ring (bicyclic) bond motifs is 1. The van der Waals surface area contributed by atoms with Gasteiger partial charge < -0.3 is 9.84 Å². The molecule has 0 saturated carbocycles. The minimum absolute atomic E-state index is 0.00799. The van der Waals surface area contributed by atoms with E-state index >= 15 is 0 Å². The second-order valence-electron chi connectivity index (χ2n) is 6.16. The van der Waals surface area contributed by atoms with Gasteiger partial charge in [-0.2, -0.15) is 0 Å². The molecule has 0 fully saturated rings. The second-order valence-corrected chi connectivity index (χ2v) is 6.16. The maximum absolute atomic E-state index is 11.4. The van der Waals surface area contributed by atoms with E-state index in [-0.39, 0.29) is 12.1 Å². The SMILES string of the molecule is CCCC(=O)OC(C)CCCCc1ccc2cc(O)ccc2c1. The van der Waals surface area contributed by atoms with Crippen LogP contribution in [0.15, 0.2) is 36.4 Å². The lowest BCUT2D eigenvalue weighted by Gasteiger charge is -2.12. The van der Waals surface area contributed by atoms with Crippen molar-refractivity contribution < 1.29 is 14.6 Å². The van der Waals surface area contributed by atoms with E-state index < -0.39 is 0 Å². The Morgan fingerprint density at radius 1 is 1.13 bits per heavy atom. The van der Waals surface area contributed by atoms with Crippen molar-refractivity contribution in [1.82, 2.24) is 0 Å². The molecule has 0 spiro atoms. The van der Waals surface area contributed by atoms with E-state index in [1.165, 1.54) is 5.56 Å². The topological polar surface area (TPSA) is 46.5 Å². The lowest BCUT2D eigenvalue weighted by atomic mass is 10.0. The number of phenolic OH excluding ortho intramolecular Hbond substituents is 1. The van der Waals surface area contributed by atoms with Crippen LogP contribution in [0, 0.1) is 0 Å². The number of aryl methyl sites for hydroxylation is 1. The van der Waals surface area contributed by atoms with Gasteiger partial charge in [-0.3, -0.25) is 4.79 Å². The molecule has 2 rings (SSSR count). The molecule has 0 aliphatic rings. The van der Waals surface area contributed by atoms with Gasteiger partial charge >= 0.3 is 5.97 Å². The third-order valence-corrected chi connectivity index (χ3v) is 4.00. The van der Waals surface area contributed by atoms with Crippen molar-refractivity contribution in [2.45, 2.75) is 58.5 Å². The maximum Gasteiger partial charge on any atom is 0.306 e. The third-order valence-electron chi connectivity index (χ3n) is 4.00. The molecule has 2 aromatic carbocycles. The van der Waals surface area contributed by atoms with E-state index in [9.17, 15) is 9.90 Å². The zero-order valence-corrected chi connectivity index (χ0v) is 14.0. The van der Waals surface area contributed by atoms with Crippen LogP contribution in [0.1, 0.15) is 51.5 Å². The molecule has 1 N–H and O–H groups in total. The molecule has 1 unspecified atom stereocenters. The number of ether oxygens (including phenoxy) is 1. The molecule has 2 aromatic rings. The van der Waals surface area contributed by atoms with E-state index in [1.54, 1.807) is 12.1 Å². The van der Waals surface area contributed by atoms with E-state index in [4.69, 9.17) is 4.74 Å². The van der Waals surface area contributed by atoms with Crippen LogP contribution in [0.3, 0.4) is 0 Å². The highest BCUT2D eigenvalue weighted by atomic mass is 16.5. The largest absolute Gasteiger partial charge is 0.508 e. The number of esters is 1. The van der Waals surface area contributed by atoms with Crippen molar-refractivity contribution in [1.29, 1.82) is 0 Å². The molecule has 0 bridgehead atoms. The number of aromatic hydroxyl groups is 1. The molecular weight excluding hydrogens is 288 g/mol. The summed E-state index contributed by atoms with van der Waals surface area (Å²) in [5, 5.41) is 11.7. The molecule has 0 heterocycles. The van der Waals surface area contributed by atoms with Crippen LogP contribution in [0.2, 0.25) is 0 Å². The molecule has 23 heavy (non-hydrogen) atoms. The smallest absolute Gasteiger partial charge is 0.306 e. The van der Waals surface area contributed by atoms with Gasteiger partial charge in [0.15, 0.2) is 0 Å². The van der Waals surface area contributed by atoms with Crippen molar-refractivity contribution >= 4 is 16.7 Å².